The van der Waals surface area contributed by atoms with E-state index in [2.05, 4.69) is 4.90 Å². The van der Waals surface area contributed by atoms with Crippen LogP contribution in [0.4, 0.5) is 0 Å². The van der Waals surface area contributed by atoms with Gasteiger partial charge in [0.1, 0.15) is 0 Å². The van der Waals surface area contributed by atoms with Crippen molar-refractivity contribution in [3.63, 3.8) is 0 Å². The third-order valence-electron chi connectivity index (χ3n) is 1.63. The highest BCUT2D eigenvalue weighted by atomic mass is 16.3. The van der Waals surface area contributed by atoms with Gasteiger partial charge in [0.25, 0.3) is 0 Å². The maximum absolute atomic E-state index is 8.90. The largest absolute Gasteiger partial charge is 0.394 e. The smallest absolute Gasteiger partial charge is 0.0897 e. The molecule has 0 spiro atoms. The summed E-state index contributed by atoms with van der Waals surface area (Å²) in [5.41, 5.74) is 0. The average Bonchev–Trinajstić information content (AvgIpc) is 1.78. The lowest BCUT2D eigenvalue weighted by molar-refractivity contribution is 0.0394. The van der Waals surface area contributed by atoms with E-state index in [4.69, 9.17) is 10.2 Å². The predicted octanol–water partition coefficient (Wildman–Crippen LogP) is -0.955. The molecule has 0 aromatic carbocycles. The molecule has 0 amide bonds. The van der Waals surface area contributed by atoms with Gasteiger partial charge in [-0.15, -0.1) is 0 Å². The topological polar surface area (TPSA) is 43.7 Å². The summed E-state index contributed by atoms with van der Waals surface area (Å²) < 4.78 is 0. The van der Waals surface area contributed by atoms with Gasteiger partial charge in [0.05, 0.1) is 12.7 Å². The van der Waals surface area contributed by atoms with Gasteiger partial charge in [0, 0.05) is 6.54 Å². The van der Waals surface area contributed by atoms with Gasteiger partial charge < -0.3 is 15.1 Å². The number of hydrogen-bond donors (Lipinski definition) is 2. The van der Waals surface area contributed by atoms with Crippen molar-refractivity contribution in [3.8, 4) is 0 Å². The van der Waals surface area contributed by atoms with Gasteiger partial charge >= 0.3 is 0 Å². The Kier molecular flexibility index (Phi) is 2.45. The molecule has 0 aromatic rings. The summed E-state index contributed by atoms with van der Waals surface area (Å²) in [6.07, 6.45) is 0.698. The molecule has 0 radical (unpaired) electrons. The van der Waals surface area contributed by atoms with Crippen molar-refractivity contribution in [2.75, 3.05) is 26.2 Å². The third-order valence-corrected chi connectivity index (χ3v) is 1.63. The highest BCUT2D eigenvalue weighted by Gasteiger charge is 2.16. The van der Waals surface area contributed by atoms with Crippen molar-refractivity contribution >= 4 is 0 Å². The fourth-order valence-corrected chi connectivity index (χ4v) is 0.920. The SMILES string of the molecule is OCC(O)CN1CCC1. The molecule has 0 bridgehead atoms. The predicted molar refractivity (Wildman–Crippen MR) is 34.1 cm³/mol. The molecule has 1 aliphatic heterocycles. The average molecular weight is 131 g/mol. The molecule has 1 aliphatic rings. The monoisotopic (exact) mass is 131 g/mol. The molecule has 1 heterocycles. The molecule has 1 rings (SSSR count). The first-order chi connectivity index (χ1) is 4.33. The zero-order valence-electron chi connectivity index (χ0n) is 5.45. The lowest BCUT2D eigenvalue weighted by atomic mass is 10.2. The van der Waals surface area contributed by atoms with Crippen molar-refractivity contribution in [3.05, 3.63) is 0 Å². The molecular weight excluding hydrogens is 118 g/mol. The summed E-state index contributed by atoms with van der Waals surface area (Å²) in [5, 5.41) is 17.3. The molecule has 9 heavy (non-hydrogen) atoms. The maximum atomic E-state index is 8.90. The van der Waals surface area contributed by atoms with Crippen LogP contribution in [-0.4, -0.2) is 47.5 Å². The third kappa shape index (κ3) is 1.93. The highest BCUT2D eigenvalue weighted by Crippen LogP contribution is 2.05. The Labute approximate surface area is 54.9 Å². The number of rotatable bonds is 3. The van der Waals surface area contributed by atoms with Gasteiger partial charge in [-0.2, -0.15) is 0 Å². The highest BCUT2D eigenvalue weighted by molar-refractivity contribution is 4.71. The molecular formula is C6H13NO2. The molecule has 1 fully saturated rings. The zero-order chi connectivity index (χ0) is 6.69. The van der Waals surface area contributed by atoms with E-state index in [1.54, 1.807) is 0 Å². The number of likely N-dealkylation sites (tertiary alicyclic amines) is 1. The van der Waals surface area contributed by atoms with E-state index in [9.17, 15) is 0 Å². The first-order valence-electron chi connectivity index (χ1n) is 3.34. The standard InChI is InChI=1S/C6H13NO2/c8-5-6(9)4-7-2-1-3-7/h6,8-9H,1-5H2. The summed E-state index contributed by atoms with van der Waals surface area (Å²) in [4.78, 5) is 2.13. The molecule has 1 saturated heterocycles. The van der Waals surface area contributed by atoms with Crippen LogP contribution in [0.2, 0.25) is 0 Å². The second-order valence-corrected chi connectivity index (χ2v) is 2.49. The Morgan fingerprint density at radius 3 is 2.44 bits per heavy atom. The fraction of sp³-hybridized carbons (Fsp3) is 1.00. The van der Waals surface area contributed by atoms with Crippen molar-refractivity contribution < 1.29 is 10.2 Å². The summed E-state index contributed by atoms with van der Waals surface area (Å²) in [6, 6.07) is 0. The molecule has 54 valence electrons. The number of nitrogens with zero attached hydrogens (tertiary/aromatic N) is 1. The van der Waals surface area contributed by atoms with Gasteiger partial charge in [0.15, 0.2) is 0 Å². The van der Waals surface area contributed by atoms with E-state index >= 15 is 0 Å². The first-order valence-corrected chi connectivity index (χ1v) is 3.34. The molecule has 3 nitrogen and oxygen atoms in total. The van der Waals surface area contributed by atoms with Crippen LogP contribution in [0.25, 0.3) is 0 Å². The first kappa shape index (κ1) is 6.99. The van der Waals surface area contributed by atoms with Gasteiger partial charge in [-0.3, -0.25) is 0 Å². The minimum absolute atomic E-state index is 0.115. The second kappa shape index (κ2) is 3.15. The molecule has 2 N–H and O–H groups in total. The molecule has 3 heteroatoms. The van der Waals surface area contributed by atoms with E-state index < -0.39 is 6.10 Å². The van der Waals surface area contributed by atoms with E-state index in [0.717, 1.165) is 13.1 Å². The van der Waals surface area contributed by atoms with Crippen LogP contribution < -0.4 is 0 Å². The van der Waals surface area contributed by atoms with Crippen LogP contribution >= 0.6 is 0 Å². The van der Waals surface area contributed by atoms with Crippen LogP contribution in [0.5, 0.6) is 0 Å². The molecule has 1 atom stereocenters. The fourth-order valence-electron chi connectivity index (χ4n) is 0.920. The minimum Gasteiger partial charge on any atom is -0.394 e. The molecule has 1 unspecified atom stereocenters. The molecule has 0 saturated carbocycles. The van der Waals surface area contributed by atoms with E-state index in [-0.39, 0.29) is 6.61 Å². The summed E-state index contributed by atoms with van der Waals surface area (Å²) in [7, 11) is 0. The van der Waals surface area contributed by atoms with Crippen molar-refractivity contribution in [2.45, 2.75) is 12.5 Å². The van der Waals surface area contributed by atoms with E-state index in [1.807, 2.05) is 0 Å². The Balaban J connectivity index is 2.01. The summed E-state index contributed by atoms with van der Waals surface area (Å²) >= 11 is 0. The Bertz CT molecular complexity index is 80.4. The van der Waals surface area contributed by atoms with Gasteiger partial charge in [-0.25, -0.2) is 0 Å². The second-order valence-electron chi connectivity index (χ2n) is 2.49. The lowest BCUT2D eigenvalue weighted by Crippen LogP contribution is -2.43. The van der Waals surface area contributed by atoms with Crippen molar-refractivity contribution in [2.24, 2.45) is 0 Å². The molecule has 0 aliphatic carbocycles. The van der Waals surface area contributed by atoms with Crippen LogP contribution in [0.1, 0.15) is 6.42 Å². The maximum Gasteiger partial charge on any atom is 0.0897 e. The Morgan fingerprint density at radius 2 is 2.11 bits per heavy atom. The van der Waals surface area contributed by atoms with Crippen LogP contribution in [0.3, 0.4) is 0 Å². The van der Waals surface area contributed by atoms with Crippen molar-refractivity contribution in [1.82, 2.24) is 4.90 Å². The normalized spacial score (nSPS) is 23.3. The van der Waals surface area contributed by atoms with Crippen LogP contribution in [-0.2, 0) is 0 Å². The molecule has 0 aromatic heterocycles. The Morgan fingerprint density at radius 1 is 1.44 bits per heavy atom. The summed E-state index contributed by atoms with van der Waals surface area (Å²) in [5.74, 6) is 0. The van der Waals surface area contributed by atoms with Gasteiger partial charge in [0.2, 0.25) is 0 Å². The van der Waals surface area contributed by atoms with Crippen molar-refractivity contribution in [1.29, 1.82) is 0 Å². The minimum atomic E-state index is -0.537. The Hall–Kier alpha value is -0.120. The number of aliphatic hydroxyl groups excluding tert-OH is 2. The van der Waals surface area contributed by atoms with E-state index in [0.29, 0.717) is 6.54 Å². The van der Waals surface area contributed by atoms with Gasteiger partial charge in [-0.05, 0) is 19.5 Å². The van der Waals surface area contributed by atoms with Crippen LogP contribution in [0, 0.1) is 0 Å². The number of hydrogen-bond acceptors (Lipinski definition) is 3. The van der Waals surface area contributed by atoms with Crippen LogP contribution in [0.15, 0.2) is 0 Å². The number of aliphatic hydroxyl groups is 2. The van der Waals surface area contributed by atoms with Gasteiger partial charge in [-0.1, -0.05) is 0 Å². The lowest BCUT2D eigenvalue weighted by Gasteiger charge is -2.31. The quantitative estimate of drug-likeness (QED) is 0.519. The zero-order valence-corrected chi connectivity index (χ0v) is 5.45. The summed E-state index contributed by atoms with van der Waals surface area (Å²) in [6.45, 7) is 2.68. The number of β-amino-alcohol motifs (C(OH)–C–C–N with tert-alkyl or cyclic N) is 1. The van der Waals surface area contributed by atoms with E-state index in [1.165, 1.54) is 6.42 Å².